The number of aromatic nitrogens is 2. The van der Waals surface area contributed by atoms with Crippen LogP contribution in [0, 0.1) is 5.92 Å². The van der Waals surface area contributed by atoms with E-state index in [4.69, 9.17) is 9.52 Å². The highest BCUT2D eigenvalue weighted by Gasteiger charge is 2.21. The summed E-state index contributed by atoms with van der Waals surface area (Å²) in [5, 5.41) is 15.6. The van der Waals surface area contributed by atoms with Gasteiger partial charge in [0.15, 0.2) is 5.76 Å². The van der Waals surface area contributed by atoms with E-state index < -0.39 is 23.5 Å². The Hall–Kier alpha value is -2.90. The number of aliphatic carboxylic acids is 1. The average molecular weight is 333 g/mol. The standard InChI is InChI=1S/C16H19N3O5/c1-10(2)8-12(16(22)23)17-14(20)9-19-15(21)6-5-11(18-19)13-4-3-7-24-13/h3-7,10,12H,8-9H2,1-2H3,(H,17,20)(H,22,23)/t12-/m1/s1. The molecular formula is C16H19N3O5. The van der Waals surface area contributed by atoms with E-state index in [9.17, 15) is 14.4 Å². The van der Waals surface area contributed by atoms with Crippen molar-refractivity contribution in [2.75, 3.05) is 0 Å². The van der Waals surface area contributed by atoms with Crippen molar-refractivity contribution in [3.05, 3.63) is 40.9 Å². The van der Waals surface area contributed by atoms with Gasteiger partial charge in [-0.2, -0.15) is 5.10 Å². The lowest BCUT2D eigenvalue weighted by molar-refractivity contribution is -0.142. The molecule has 0 bridgehead atoms. The Bertz CT molecular complexity index is 764. The first-order valence-electron chi connectivity index (χ1n) is 7.51. The third-order valence-corrected chi connectivity index (χ3v) is 3.27. The van der Waals surface area contributed by atoms with Gasteiger partial charge >= 0.3 is 5.97 Å². The molecule has 0 radical (unpaired) electrons. The van der Waals surface area contributed by atoms with Crippen LogP contribution in [-0.4, -0.2) is 32.8 Å². The summed E-state index contributed by atoms with van der Waals surface area (Å²) in [5.74, 6) is -1.13. The molecule has 128 valence electrons. The number of rotatable bonds is 7. The van der Waals surface area contributed by atoms with Crippen LogP contribution in [0.2, 0.25) is 0 Å². The zero-order valence-corrected chi connectivity index (χ0v) is 13.4. The maximum atomic E-state index is 12.1. The molecule has 0 aliphatic heterocycles. The van der Waals surface area contributed by atoms with Crippen molar-refractivity contribution in [3.63, 3.8) is 0 Å². The highest BCUT2D eigenvalue weighted by Crippen LogP contribution is 2.15. The number of nitrogens with zero attached hydrogens (tertiary/aromatic N) is 2. The smallest absolute Gasteiger partial charge is 0.326 e. The van der Waals surface area contributed by atoms with Gasteiger partial charge in [0.05, 0.1) is 6.26 Å². The molecule has 8 heteroatoms. The van der Waals surface area contributed by atoms with Gasteiger partial charge in [-0.05, 0) is 30.5 Å². The van der Waals surface area contributed by atoms with Crippen molar-refractivity contribution in [1.29, 1.82) is 0 Å². The summed E-state index contributed by atoms with van der Waals surface area (Å²) in [6.45, 7) is 3.36. The second kappa shape index (κ2) is 7.58. The summed E-state index contributed by atoms with van der Waals surface area (Å²) < 4.78 is 6.18. The topological polar surface area (TPSA) is 114 Å². The maximum absolute atomic E-state index is 12.1. The van der Waals surface area contributed by atoms with Crippen LogP contribution in [0.3, 0.4) is 0 Å². The number of carboxylic acid groups (broad SMARTS) is 1. The first-order chi connectivity index (χ1) is 11.4. The predicted molar refractivity (Wildman–Crippen MR) is 85.2 cm³/mol. The van der Waals surface area contributed by atoms with Gasteiger partial charge in [-0.3, -0.25) is 9.59 Å². The van der Waals surface area contributed by atoms with Gasteiger partial charge in [-0.25, -0.2) is 9.48 Å². The minimum absolute atomic E-state index is 0.106. The molecule has 1 atom stereocenters. The van der Waals surface area contributed by atoms with Crippen LogP contribution >= 0.6 is 0 Å². The third-order valence-electron chi connectivity index (χ3n) is 3.27. The lowest BCUT2D eigenvalue weighted by atomic mass is 10.0. The van der Waals surface area contributed by atoms with Gasteiger partial charge in [0.2, 0.25) is 5.91 Å². The molecule has 2 heterocycles. The molecule has 0 unspecified atom stereocenters. The zero-order chi connectivity index (χ0) is 17.7. The lowest BCUT2D eigenvalue weighted by Crippen LogP contribution is -2.44. The van der Waals surface area contributed by atoms with Crippen LogP contribution in [0.15, 0.2) is 39.7 Å². The Kier molecular flexibility index (Phi) is 5.51. The molecule has 8 nitrogen and oxygen atoms in total. The van der Waals surface area contributed by atoms with Crippen LogP contribution < -0.4 is 10.9 Å². The van der Waals surface area contributed by atoms with E-state index in [1.165, 1.54) is 18.4 Å². The fraction of sp³-hybridized carbons (Fsp3) is 0.375. The Balaban J connectivity index is 2.12. The van der Waals surface area contributed by atoms with Crippen molar-refractivity contribution in [2.45, 2.75) is 32.9 Å². The van der Waals surface area contributed by atoms with Crippen molar-refractivity contribution < 1.29 is 19.1 Å². The Labute approximate surface area is 138 Å². The average Bonchev–Trinajstić information content (AvgIpc) is 3.02. The minimum Gasteiger partial charge on any atom is -0.480 e. The molecule has 0 saturated heterocycles. The second-order valence-electron chi connectivity index (χ2n) is 5.78. The van der Waals surface area contributed by atoms with Crippen LogP contribution in [0.25, 0.3) is 11.5 Å². The van der Waals surface area contributed by atoms with Crippen LogP contribution in [0.4, 0.5) is 0 Å². The Morgan fingerprint density at radius 3 is 2.67 bits per heavy atom. The maximum Gasteiger partial charge on any atom is 0.326 e. The number of hydrogen-bond donors (Lipinski definition) is 2. The van der Waals surface area contributed by atoms with Crippen molar-refractivity contribution in [2.24, 2.45) is 5.92 Å². The van der Waals surface area contributed by atoms with E-state index in [0.29, 0.717) is 17.9 Å². The molecule has 0 fully saturated rings. The summed E-state index contributed by atoms with van der Waals surface area (Å²) in [6, 6.07) is 5.14. The summed E-state index contributed by atoms with van der Waals surface area (Å²) in [6.07, 6.45) is 1.78. The van der Waals surface area contributed by atoms with Gasteiger partial charge in [-0.1, -0.05) is 13.8 Å². The van der Waals surface area contributed by atoms with Crippen LogP contribution in [-0.2, 0) is 16.1 Å². The van der Waals surface area contributed by atoms with Crippen molar-refractivity contribution in [1.82, 2.24) is 15.1 Å². The SMILES string of the molecule is CC(C)C[C@@H](NC(=O)Cn1nc(-c2ccco2)ccc1=O)C(=O)O. The molecule has 24 heavy (non-hydrogen) atoms. The quantitative estimate of drug-likeness (QED) is 0.784. The highest BCUT2D eigenvalue weighted by atomic mass is 16.4. The number of amides is 1. The Morgan fingerprint density at radius 2 is 2.08 bits per heavy atom. The third kappa shape index (κ3) is 4.55. The van der Waals surface area contributed by atoms with E-state index in [2.05, 4.69) is 10.4 Å². The molecule has 0 aliphatic carbocycles. The number of carbonyl (C=O) groups is 2. The number of carboxylic acids is 1. The van der Waals surface area contributed by atoms with Gasteiger partial charge in [-0.15, -0.1) is 0 Å². The van der Waals surface area contributed by atoms with Gasteiger partial charge in [0.25, 0.3) is 5.56 Å². The highest BCUT2D eigenvalue weighted by molar-refractivity contribution is 5.83. The fourth-order valence-electron chi connectivity index (χ4n) is 2.19. The first kappa shape index (κ1) is 17.5. The number of furan rings is 1. The molecule has 2 rings (SSSR count). The normalized spacial score (nSPS) is 12.1. The summed E-state index contributed by atoms with van der Waals surface area (Å²) in [4.78, 5) is 35.1. The van der Waals surface area contributed by atoms with E-state index >= 15 is 0 Å². The largest absolute Gasteiger partial charge is 0.480 e. The summed E-state index contributed by atoms with van der Waals surface area (Å²) in [5.41, 5.74) is -0.0550. The zero-order valence-electron chi connectivity index (χ0n) is 13.4. The van der Waals surface area contributed by atoms with E-state index in [-0.39, 0.29) is 12.5 Å². The molecule has 1 amide bonds. The summed E-state index contributed by atoms with van der Waals surface area (Å²) in [7, 11) is 0. The van der Waals surface area contributed by atoms with Gasteiger partial charge in [0.1, 0.15) is 18.3 Å². The van der Waals surface area contributed by atoms with Crippen LogP contribution in [0.5, 0.6) is 0 Å². The first-order valence-corrected chi connectivity index (χ1v) is 7.51. The van der Waals surface area contributed by atoms with Crippen LogP contribution in [0.1, 0.15) is 20.3 Å². The number of nitrogens with one attached hydrogen (secondary N) is 1. The van der Waals surface area contributed by atoms with E-state index in [0.717, 1.165) is 4.68 Å². The molecule has 0 spiro atoms. The second-order valence-corrected chi connectivity index (χ2v) is 5.78. The molecule has 2 aromatic rings. The fourth-order valence-corrected chi connectivity index (χ4v) is 2.19. The van der Waals surface area contributed by atoms with Crippen molar-refractivity contribution in [3.8, 4) is 11.5 Å². The number of carbonyl (C=O) groups excluding carboxylic acids is 1. The molecule has 0 aromatic carbocycles. The van der Waals surface area contributed by atoms with E-state index in [1.807, 2.05) is 13.8 Å². The molecule has 0 saturated carbocycles. The van der Waals surface area contributed by atoms with Crippen molar-refractivity contribution >= 4 is 11.9 Å². The molecule has 0 aliphatic rings. The molecule has 2 N–H and O–H groups in total. The van der Waals surface area contributed by atoms with Gasteiger partial charge < -0.3 is 14.8 Å². The molecular weight excluding hydrogens is 314 g/mol. The molecule has 2 aromatic heterocycles. The number of hydrogen-bond acceptors (Lipinski definition) is 5. The lowest BCUT2D eigenvalue weighted by Gasteiger charge is -2.16. The van der Waals surface area contributed by atoms with Gasteiger partial charge in [0, 0.05) is 6.07 Å². The predicted octanol–water partition coefficient (Wildman–Crippen LogP) is 1.12. The Morgan fingerprint density at radius 1 is 1.33 bits per heavy atom. The summed E-state index contributed by atoms with van der Waals surface area (Å²) >= 11 is 0. The van der Waals surface area contributed by atoms with E-state index in [1.54, 1.807) is 12.1 Å². The minimum atomic E-state index is -1.11. The monoisotopic (exact) mass is 333 g/mol.